The van der Waals surface area contributed by atoms with Crippen molar-refractivity contribution in [3.63, 3.8) is 0 Å². The van der Waals surface area contributed by atoms with Crippen molar-refractivity contribution in [3.8, 4) is 0 Å². The van der Waals surface area contributed by atoms with Crippen molar-refractivity contribution in [1.29, 1.82) is 0 Å². The standard InChI is InChI=1S/C6H9O4/c1-3-5(7)10-4(2)6(8)9/h4H,1,3H2,2H3,(H,8,9). The molecule has 4 nitrogen and oxygen atoms in total. The van der Waals surface area contributed by atoms with Crippen LogP contribution < -0.4 is 0 Å². The Morgan fingerprint density at radius 3 is 2.50 bits per heavy atom. The highest BCUT2D eigenvalue weighted by Gasteiger charge is 2.14. The van der Waals surface area contributed by atoms with Crippen LogP contribution in [0, 0.1) is 6.92 Å². The predicted molar refractivity (Wildman–Crippen MR) is 33.2 cm³/mol. The van der Waals surface area contributed by atoms with Gasteiger partial charge in [0.2, 0.25) is 0 Å². The molecule has 0 aromatic rings. The second-order valence-electron chi connectivity index (χ2n) is 1.72. The lowest BCUT2D eigenvalue weighted by atomic mass is 10.4. The molecule has 0 spiro atoms. The van der Waals surface area contributed by atoms with Gasteiger partial charge in [0.1, 0.15) is 0 Å². The molecule has 0 fully saturated rings. The van der Waals surface area contributed by atoms with Crippen molar-refractivity contribution in [1.82, 2.24) is 0 Å². The second kappa shape index (κ2) is 3.87. The number of rotatable bonds is 3. The van der Waals surface area contributed by atoms with Crippen molar-refractivity contribution in [2.75, 3.05) is 0 Å². The molecule has 1 radical (unpaired) electrons. The molecule has 0 amide bonds. The summed E-state index contributed by atoms with van der Waals surface area (Å²) < 4.78 is 4.36. The van der Waals surface area contributed by atoms with Crippen molar-refractivity contribution in [2.24, 2.45) is 0 Å². The largest absolute Gasteiger partial charge is 0.479 e. The Kier molecular flexibility index (Phi) is 3.46. The van der Waals surface area contributed by atoms with Crippen LogP contribution in [0.15, 0.2) is 0 Å². The van der Waals surface area contributed by atoms with Crippen molar-refractivity contribution in [3.05, 3.63) is 6.92 Å². The number of carboxylic acids is 1. The van der Waals surface area contributed by atoms with Crippen LogP contribution in [0.25, 0.3) is 0 Å². The molecule has 1 N–H and O–H groups in total. The average Bonchev–Trinajstić information content (AvgIpc) is 1.87. The van der Waals surface area contributed by atoms with Crippen LogP contribution in [0.5, 0.6) is 0 Å². The van der Waals surface area contributed by atoms with E-state index in [0.717, 1.165) is 0 Å². The Balaban J connectivity index is 3.68. The van der Waals surface area contributed by atoms with Crippen LogP contribution in [-0.4, -0.2) is 23.1 Å². The Labute approximate surface area is 58.8 Å². The molecule has 0 aromatic carbocycles. The van der Waals surface area contributed by atoms with E-state index in [1.165, 1.54) is 6.92 Å². The molecule has 0 aliphatic carbocycles. The SMILES string of the molecule is [CH2]CC(=O)OC(C)C(=O)O. The first-order valence-corrected chi connectivity index (χ1v) is 2.79. The van der Waals surface area contributed by atoms with Gasteiger partial charge in [-0.05, 0) is 13.8 Å². The summed E-state index contributed by atoms with van der Waals surface area (Å²) in [5, 5.41) is 8.23. The van der Waals surface area contributed by atoms with Crippen molar-refractivity contribution >= 4 is 11.9 Å². The third-order valence-corrected chi connectivity index (χ3v) is 0.860. The number of hydrogen-bond acceptors (Lipinski definition) is 3. The summed E-state index contributed by atoms with van der Waals surface area (Å²) >= 11 is 0. The zero-order chi connectivity index (χ0) is 8.15. The van der Waals surface area contributed by atoms with Crippen LogP contribution in [0.1, 0.15) is 13.3 Å². The van der Waals surface area contributed by atoms with E-state index in [2.05, 4.69) is 11.7 Å². The van der Waals surface area contributed by atoms with E-state index in [0.29, 0.717) is 0 Å². The molecule has 0 aromatic heterocycles. The zero-order valence-corrected chi connectivity index (χ0v) is 5.66. The number of aliphatic carboxylic acids is 1. The minimum atomic E-state index is -1.15. The van der Waals surface area contributed by atoms with Crippen molar-refractivity contribution in [2.45, 2.75) is 19.4 Å². The number of carboxylic acid groups (broad SMARTS) is 1. The van der Waals surface area contributed by atoms with E-state index in [-0.39, 0.29) is 6.42 Å². The number of carbonyl (C=O) groups excluding carboxylic acids is 1. The molecule has 4 heteroatoms. The van der Waals surface area contributed by atoms with Gasteiger partial charge in [-0.3, -0.25) is 4.79 Å². The first-order valence-electron chi connectivity index (χ1n) is 2.79. The first kappa shape index (κ1) is 8.94. The maximum atomic E-state index is 10.4. The van der Waals surface area contributed by atoms with Crippen LogP contribution in [0.3, 0.4) is 0 Å². The highest BCUT2D eigenvalue weighted by atomic mass is 16.6. The van der Waals surface area contributed by atoms with Gasteiger partial charge in [-0.2, -0.15) is 0 Å². The lowest BCUT2D eigenvalue weighted by Gasteiger charge is -2.05. The summed E-state index contributed by atoms with van der Waals surface area (Å²) in [5.74, 6) is -1.75. The molecule has 1 unspecified atom stereocenters. The molecule has 0 aliphatic heterocycles. The third-order valence-electron chi connectivity index (χ3n) is 0.860. The van der Waals surface area contributed by atoms with Gasteiger partial charge in [-0.1, -0.05) is 0 Å². The topological polar surface area (TPSA) is 63.6 Å². The molecule has 0 bridgehead atoms. The normalized spacial score (nSPS) is 12.2. The number of ether oxygens (including phenoxy) is 1. The average molecular weight is 145 g/mol. The van der Waals surface area contributed by atoms with Crippen LogP contribution >= 0.6 is 0 Å². The number of carbonyl (C=O) groups is 2. The van der Waals surface area contributed by atoms with Crippen molar-refractivity contribution < 1.29 is 19.4 Å². The summed E-state index contributed by atoms with van der Waals surface area (Å²) in [6.07, 6.45) is -1.12. The maximum Gasteiger partial charge on any atom is 0.344 e. The molecule has 1 atom stereocenters. The highest BCUT2D eigenvalue weighted by Crippen LogP contribution is 1.92. The number of esters is 1. The molecule has 0 rings (SSSR count). The first-order chi connectivity index (χ1) is 4.57. The molecule has 0 saturated heterocycles. The molecule has 0 aliphatic rings. The molecule has 0 heterocycles. The quantitative estimate of drug-likeness (QED) is 0.577. The van der Waals surface area contributed by atoms with Crippen LogP contribution in [0.4, 0.5) is 0 Å². The lowest BCUT2D eigenvalue weighted by Crippen LogP contribution is -2.22. The van der Waals surface area contributed by atoms with Gasteiger partial charge in [0.15, 0.2) is 6.10 Å². The summed E-state index contributed by atoms with van der Waals surface area (Å²) in [5.41, 5.74) is 0. The summed E-state index contributed by atoms with van der Waals surface area (Å²) in [6.45, 7) is 4.52. The summed E-state index contributed by atoms with van der Waals surface area (Å²) in [6, 6.07) is 0. The Bertz CT molecular complexity index is 141. The summed E-state index contributed by atoms with van der Waals surface area (Å²) in [7, 11) is 0. The second-order valence-corrected chi connectivity index (χ2v) is 1.72. The van der Waals surface area contributed by atoms with E-state index in [4.69, 9.17) is 5.11 Å². The van der Waals surface area contributed by atoms with Gasteiger partial charge in [-0.25, -0.2) is 4.79 Å². The monoisotopic (exact) mass is 145 g/mol. The van der Waals surface area contributed by atoms with Gasteiger partial charge in [0.05, 0.1) is 0 Å². The maximum absolute atomic E-state index is 10.4. The molecular weight excluding hydrogens is 136 g/mol. The van der Waals surface area contributed by atoms with Gasteiger partial charge in [-0.15, -0.1) is 0 Å². The summed E-state index contributed by atoms with van der Waals surface area (Å²) in [4.78, 5) is 20.4. The third kappa shape index (κ3) is 3.06. The lowest BCUT2D eigenvalue weighted by molar-refractivity contribution is -0.162. The fraction of sp³-hybridized carbons (Fsp3) is 0.500. The van der Waals surface area contributed by atoms with Gasteiger partial charge < -0.3 is 9.84 Å². The van der Waals surface area contributed by atoms with E-state index in [9.17, 15) is 9.59 Å². The molecule has 0 saturated carbocycles. The predicted octanol–water partition coefficient (Wildman–Crippen LogP) is 0.227. The van der Waals surface area contributed by atoms with Gasteiger partial charge in [0.25, 0.3) is 0 Å². The fourth-order valence-electron chi connectivity index (χ4n) is 0.307. The van der Waals surface area contributed by atoms with Gasteiger partial charge in [0, 0.05) is 6.42 Å². The molecule has 57 valence electrons. The van der Waals surface area contributed by atoms with Crippen LogP contribution in [-0.2, 0) is 14.3 Å². The molecular formula is C6H9O4. The van der Waals surface area contributed by atoms with E-state index in [1.54, 1.807) is 0 Å². The van der Waals surface area contributed by atoms with E-state index in [1.807, 2.05) is 0 Å². The van der Waals surface area contributed by atoms with E-state index < -0.39 is 18.0 Å². The zero-order valence-electron chi connectivity index (χ0n) is 5.66. The Hall–Kier alpha value is -1.06. The minimum absolute atomic E-state index is 0.0440. The minimum Gasteiger partial charge on any atom is -0.479 e. The number of hydrogen-bond donors (Lipinski definition) is 1. The molecule has 10 heavy (non-hydrogen) atoms. The van der Waals surface area contributed by atoms with Gasteiger partial charge >= 0.3 is 11.9 Å². The van der Waals surface area contributed by atoms with Crippen LogP contribution in [0.2, 0.25) is 0 Å². The Morgan fingerprint density at radius 2 is 2.20 bits per heavy atom. The van der Waals surface area contributed by atoms with E-state index >= 15 is 0 Å². The fourth-order valence-corrected chi connectivity index (χ4v) is 0.307. The highest BCUT2D eigenvalue weighted by molar-refractivity contribution is 5.77. The smallest absolute Gasteiger partial charge is 0.344 e. The Morgan fingerprint density at radius 1 is 1.70 bits per heavy atom.